The van der Waals surface area contributed by atoms with Crippen LogP contribution < -0.4 is 0 Å². The van der Waals surface area contributed by atoms with E-state index in [1.807, 2.05) is 31.2 Å². The van der Waals surface area contributed by atoms with Crippen LogP contribution in [0.1, 0.15) is 31.4 Å². The molecule has 1 aliphatic rings. The molecule has 0 bridgehead atoms. The van der Waals surface area contributed by atoms with Gasteiger partial charge in [-0.1, -0.05) is 30.8 Å². The second-order valence-corrected chi connectivity index (χ2v) is 5.51. The first-order valence-corrected chi connectivity index (χ1v) is 7.58. The molecule has 1 aromatic carbocycles. The van der Waals surface area contributed by atoms with Crippen LogP contribution in [0.5, 0.6) is 0 Å². The van der Waals surface area contributed by atoms with Crippen molar-refractivity contribution < 1.29 is 19.1 Å². The summed E-state index contributed by atoms with van der Waals surface area (Å²) in [5.41, 5.74) is 1.62. The number of aryl methyl sites for hydroxylation is 1. The molecule has 1 aromatic rings. The molecule has 0 aliphatic heterocycles. The highest BCUT2D eigenvalue weighted by Gasteiger charge is 2.69. The number of allylic oxidation sites excluding steroid dienone is 1. The lowest BCUT2D eigenvalue weighted by Crippen LogP contribution is -2.32. The van der Waals surface area contributed by atoms with Crippen LogP contribution in [0.15, 0.2) is 30.8 Å². The number of benzene rings is 1. The molecule has 1 saturated carbocycles. The predicted molar refractivity (Wildman–Crippen MR) is 84.0 cm³/mol. The number of ether oxygens (including phenoxy) is 2. The van der Waals surface area contributed by atoms with Crippen molar-refractivity contribution in [3.63, 3.8) is 0 Å². The molecule has 4 nitrogen and oxygen atoms in total. The largest absolute Gasteiger partial charge is 0.465 e. The third-order valence-electron chi connectivity index (χ3n) is 4.15. The molecule has 1 fully saturated rings. The minimum Gasteiger partial charge on any atom is -0.465 e. The summed E-state index contributed by atoms with van der Waals surface area (Å²) in [5, 5.41) is 0. The van der Waals surface area contributed by atoms with E-state index in [1.54, 1.807) is 13.8 Å². The van der Waals surface area contributed by atoms with Crippen molar-refractivity contribution in [2.24, 2.45) is 11.3 Å². The molecular weight excluding hydrogens is 280 g/mol. The average Bonchev–Trinajstić information content (AvgIpc) is 3.24. The van der Waals surface area contributed by atoms with Gasteiger partial charge in [0, 0.05) is 5.92 Å². The first kappa shape index (κ1) is 16.3. The van der Waals surface area contributed by atoms with Crippen LogP contribution in [-0.4, -0.2) is 25.2 Å². The van der Waals surface area contributed by atoms with E-state index in [1.165, 1.54) is 0 Å². The SMILES string of the molecule is C=C(c1ccccc1C)C1CC1(C(=O)OCC)C(=O)OCC. The summed E-state index contributed by atoms with van der Waals surface area (Å²) < 4.78 is 10.2. The molecule has 0 amide bonds. The van der Waals surface area contributed by atoms with Gasteiger partial charge in [-0.2, -0.15) is 0 Å². The van der Waals surface area contributed by atoms with Crippen LogP contribution in [0.2, 0.25) is 0 Å². The predicted octanol–water partition coefficient (Wildman–Crippen LogP) is 3.14. The Morgan fingerprint density at radius 2 is 1.73 bits per heavy atom. The van der Waals surface area contributed by atoms with Crippen LogP contribution >= 0.6 is 0 Å². The molecule has 0 spiro atoms. The van der Waals surface area contributed by atoms with Gasteiger partial charge >= 0.3 is 11.9 Å². The highest BCUT2D eigenvalue weighted by atomic mass is 16.6. The summed E-state index contributed by atoms with van der Waals surface area (Å²) in [5.74, 6) is -1.27. The van der Waals surface area contributed by atoms with Crippen LogP contribution in [-0.2, 0) is 19.1 Å². The third kappa shape index (κ3) is 2.65. The van der Waals surface area contributed by atoms with E-state index in [0.29, 0.717) is 6.42 Å². The zero-order chi connectivity index (χ0) is 16.3. The van der Waals surface area contributed by atoms with Crippen molar-refractivity contribution >= 4 is 17.5 Å². The van der Waals surface area contributed by atoms with Crippen molar-refractivity contribution in [1.29, 1.82) is 0 Å². The van der Waals surface area contributed by atoms with Gasteiger partial charge in [0.05, 0.1) is 13.2 Å². The van der Waals surface area contributed by atoms with E-state index >= 15 is 0 Å². The number of carbonyl (C=O) groups excluding carboxylic acids is 2. The molecule has 118 valence electrons. The van der Waals surface area contributed by atoms with Crippen molar-refractivity contribution in [3.05, 3.63) is 42.0 Å². The van der Waals surface area contributed by atoms with E-state index in [9.17, 15) is 9.59 Å². The standard InChI is InChI=1S/C18H22O4/c1-5-21-16(19)18(17(20)22-6-2)11-15(18)13(4)14-10-8-7-9-12(14)3/h7-10,15H,4-6,11H2,1-3H3. The highest BCUT2D eigenvalue weighted by Crippen LogP contribution is 2.60. The molecule has 4 heteroatoms. The highest BCUT2D eigenvalue weighted by molar-refractivity contribution is 6.06. The second-order valence-electron chi connectivity index (χ2n) is 5.51. The maximum Gasteiger partial charge on any atom is 0.324 e. The molecule has 1 aliphatic carbocycles. The quantitative estimate of drug-likeness (QED) is 0.598. The van der Waals surface area contributed by atoms with Gasteiger partial charge in [0.1, 0.15) is 0 Å². The van der Waals surface area contributed by atoms with Gasteiger partial charge in [-0.25, -0.2) is 0 Å². The monoisotopic (exact) mass is 302 g/mol. The number of hydrogen-bond donors (Lipinski definition) is 0. The maximum absolute atomic E-state index is 12.3. The van der Waals surface area contributed by atoms with E-state index in [4.69, 9.17) is 9.47 Å². The fourth-order valence-electron chi connectivity index (χ4n) is 2.86. The van der Waals surface area contributed by atoms with E-state index in [-0.39, 0.29) is 19.1 Å². The van der Waals surface area contributed by atoms with Gasteiger partial charge in [0.15, 0.2) is 5.41 Å². The topological polar surface area (TPSA) is 52.6 Å². The van der Waals surface area contributed by atoms with Gasteiger partial charge in [-0.3, -0.25) is 9.59 Å². The Morgan fingerprint density at radius 3 is 2.23 bits per heavy atom. The van der Waals surface area contributed by atoms with Gasteiger partial charge in [-0.15, -0.1) is 0 Å². The van der Waals surface area contributed by atoms with Crippen molar-refractivity contribution in [2.75, 3.05) is 13.2 Å². The second kappa shape index (κ2) is 6.34. The summed E-state index contributed by atoms with van der Waals surface area (Å²) in [4.78, 5) is 24.6. The van der Waals surface area contributed by atoms with Crippen LogP contribution in [0, 0.1) is 18.3 Å². The van der Waals surface area contributed by atoms with Gasteiger partial charge in [-0.05, 0) is 43.9 Å². The molecule has 2 rings (SSSR count). The molecular formula is C18H22O4. The van der Waals surface area contributed by atoms with E-state index in [0.717, 1.165) is 16.7 Å². The molecule has 1 atom stereocenters. The summed E-state index contributed by atoms with van der Waals surface area (Å²) in [7, 11) is 0. The summed E-state index contributed by atoms with van der Waals surface area (Å²) in [6.45, 7) is 10.0. The molecule has 0 saturated heterocycles. The minimum atomic E-state index is -1.22. The van der Waals surface area contributed by atoms with Gasteiger partial charge in [0.25, 0.3) is 0 Å². The Labute approximate surface area is 131 Å². The number of hydrogen-bond acceptors (Lipinski definition) is 4. The number of esters is 2. The van der Waals surface area contributed by atoms with Crippen LogP contribution in [0.3, 0.4) is 0 Å². The molecule has 0 N–H and O–H groups in total. The van der Waals surface area contributed by atoms with Crippen molar-refractivity contribution in [1.82, 2.24) is 0 Å². The van der Waals surface area contributed by atoms with E-state index < -0.39 is 17.4 Å². The van der Waals surface area contributed by atoms with Crippen LogP contribution in [0.25, 0.3) is 5.57 Å². The van der Waals surface area contributed by atoms with E-state index in [2.05, 4.69) is 6.58 Å². The molecule has 22 heavy (non-hydrogen) atoms. The Kier molecular flexibility index (Phi) is 4.69. The molecule has 1 unspecified atom stereocenters. The lowest BCUT2D eigenvalue weighted by molar-refractivity contribution is -0.164. The zero-order valence-corrected chi connectivity index (χ0v) is 13.3. The zero-order valence-electron chi connectivity index (χ0n) is 13.3. The Hall–Kier alpha value is -2.10. The first-order chi connectivity index (χ1) is 10.5. The Morgan fingerprint density at radius 1 is 1.18 bits per heavy atom. The maximum atomic E-state index is 12.3. The fourth-order valence-corrected chi connectivity index (χ4v) is 2.86. The van der Waals surface area contributed by atoms with Gasteiger partial charge < -0.3 is 9.47 Å². The number of rotatable bonds is 6. The lowest BCUT2D eigenvalue weighted by Gasteiger charge is -2.16. The number of carbonyl (C=O) groups is 2. The summed E-state index contributed by atoms with van der Waals surface area (Å²) in [6.07, 6.45) is 0.401. The Bertz CT molecular complexity index is 585. The normalized spacial score (nSPS) is 18.4. The summed E-state index contributed by atoms with van der Waals surface area (Å²) >= 11 is 0. The molecule has 0 aromatic heterocycles. The summed E-state index contributed by atoms with van der Waals surface area (Å²) in [6, 6.07) is 7.81. The molecule has 0 heterocycles. The Balaban J connectivity index is 2.29. The van der Waals surface area contributed by atoms with Crippen LogP contribution in [0.4, 0.5) is 0 Å². The minimum absolute atomic E-state index is 0.240. The average molecular weight is 302 g/mol. The molecule has 0 radical (unpaired) electrons. The lowest BCUT2D eigenvalue weighted by atomic mass is 9.93. The smallest absolute Gasteiger partial charge is 0.324 e. The van der Waals surface area contributed by atoms with Gasteiger partial charge in [0.2, 0.25) is 0 Å². The fraction of sp³-hybridized carbons (Fsp3) is 0.444. The van der Waals surface area contributed by atoms with Crippen molar-refractivity contribution in [2.45, 2.75) is 27.2 Å². The van der Waals surface area contributed by atoms with Crippen molar-refractivity contribution in [3.8, 4) is 0 Å². The first-order valence-electron chi connectivity index (χ1n) is 7.58. The third-order valence-corrected chi connectivity index (χ3v) is 4.15.